The van der Waals surface area contributed by atoms with Crippen LogP contribution in [0, 0.1) is 0 Å². The van der Waals surface area contributed by atoms with E-state index in [0.29, 0.717) is 12.2 Å². The molecule has 0 spiro atoms. The molecule has 0 aliphatic carbocycles. The summed E-state index contributed by atoms with van der Waals surface area (Å²) < 4.78 is 4.97. The number of nitrogens with zero attached hydrogens (tertiary/aromatic N) is 1. The minimum atomic E-state index is -0.277. The number of carbonyl (C=O) groups is 1. The van der Waals surface area contributed by atoms with E-state index in [9.17, 15) is 4.79 Å². The molecule has 0 heterocycles. The number of anilines is 1. The molecular formula is C16H25NO3. The zero-order valence-electron chi connectivity index (χ0n) is 12.5. The number of hydrogen-bond acceptors (Lipinski definition) is 4. The summed E-state index contributed by atoms with van der Waals surface area (Å²) in [6, 6.07) is 7.53. The zero-order chi connectivity index (χ0) is 14.8. The molecule has 1 N–H and O–H groups in total. The maximum atomic E-state index is 11.6. The molecule has 0 atom stereocenters. The number of esters is 1. The van der Waals surface area contributed by atoms with Crippen molar-refractivity contribution in [3.8, 4) is 0 Å². The predicted molar refractivity (Wildman–Crippen MR) is 81.2 cm³/mol. The second kappa shape index (κ2) is 9.37. The Kier molecular flexibility index (Phi) is 7.73. The van der Waals surface area contributed by atoms with Gasteiger partial charge in [-0.15, -0.1) is 0 Å². The molecule has 0 bridgehead atoms. The fourth-order valence-electron chi connectivity index (χ4n) is 2.08. The molecule has 20 heavy (non-hydrogen) atoms. The molecule has 0 saturated carbocycles. The Morgan fingerprint density at radius 2 is 1.85 bits per heavy atom. The van der Waals surface area contributed by atoms with Crippen LogP contribution in [0.2, 0.25) is 0 Å². The van der Waals surface area contributed by atoms with Crippen molar-refractivity contribution >= 4 is 11.7 Å². The van der Waals surface area contributed by atoms with Crippen molar-refractivity contribution in [1.29, 1.82) is 0 Å². The highest BCUT2D eigenvalue weighted by Crippen LogP contribution is 2.17. The minimum absolute atomic E-state index is 0.238. The standard InChI is InChI=1S/C16H25NO3/c1-3-11-17(12-5-6-13-18)15-9-7-14(8-10-15)16(19)20-4-2/h7-10,18H,3-6,11-13H2,1-2H3. The van der Waals surface area contributed by atoms with E-state index >= 15 is 0 Å². The van der Waals surface area contributed by atoms with Gasteiger partial charge in [-0.25, -0.2) is 4.79 Å². The number of unbranched alkanes of at least 4 members (excludes halogenated alkanes) is 1. The van der Waals surface area contributed by atoms with Crippen LogP contribution in [0.1, 0.15) is 43.5 Å². The Balaban J connectivity index is 2.69. The molecule has 0 unspecified atom stereocenters. The summed E-state index contributed by atoms with van der Waals surface area (Å²) in [5, 5.41) is 8.86. The number of benzene rings is 1. The van der Waals surface area contributed by atoms with Crippen LogP contribution >= 0.6 is 0 Å². The first kappa shape index (κ1) is 16.5. The fraction of sp³-hybridized carbons (Fsp3) is 0.562. The third-order valence-electron chi connectivity index (χ3n) is 3.07. The Morgan fingerprint density at radius 3 is 2.40 bits per heavy atom. The van der Waals surface area contributed by atoms with Crippen LogP contribution in [0.4, 0.5) is 5.69 Å². The van der Waals surface area contributed by atoms with Gasteiger partial charge in [0.05, 0.1) is 12.2 Å². The average molecular weight is 279 g/mol. The molecule has 1 rings (SSSR count). The summed E-state index contributed by atoms with van der Waals surface area (Å²) in [5.74, 6) is -0.277. The number of aliphatic hydroxyl groups excluding tert-OH is 1. The van der Waals surface area contributed by atoms with Gasteiger partial charge in [0.25, 0.3) is 0 Å². The smallest absolute Gasteiger partial charge is 0.338 e. The summed E-state index contributed by atoms with van der Waals surface area (Å²) in [6.07, 6.45) is 2.86. The highest BCUT2D eigenvalue weighted by molar-refractivity contribution is 5.89. The molecule has 4 nitrogen and oxygen atoms in total. The largest absolute Gasteiger partial charge is 0.462 e. The topological polar surface area (TPSA) is 49.8 Å². The number of carbonyl (C=O) groups excluding carboxylic acids is 1. The van der Waals surface area contributed by atoms with Gasteiger partial charge < -0.3 is 14.7 Å². The summed E-state index contributed by atoms with van der Waals surface area (Å²) in [6.45, 7) is 6.48. The van der Waals surface area contributed by atoms with Crippen LogP contribution in [-0.4, -0.2) is 37.4 Å². The molecule has 0 radical (unpaired) electrons. The molecule has 1 aromatic carbocycles. The zero-order valence-corrected chi connectivity index (χ0v) is 12.5. The van der Waals surface area contributed by atoms with Crippen molar-refractivity contribution in [2.45, 2.75) is 33.1 Å². The maximum Gasteiger partial charge on any atom is 0.338 e. The van der Waals surface area contributed by atoms with Gasteiger partial charge in [0.2, 0.25) is 0 Å². The van der Waals surface area contributed by atoms with Gasteiger partial charge >= 0.3 is 5.97 Å². The van der Waals surface area contributed by atoms with Crippen LogP contribution in [-0.2, 0) is 4.74 Å². The Bertz CT molecular complexity index is 389. The summed E-state index contributed by atoms with van der Waals surface area (Å²) in [7, 11) is 0. The van der Waals surface area contributed by atoms with E-state index in [4.69, 9.17) is 9.84 Å². The molecule has 0 saturated heterocycles. The van der Waals surface area contributed by atoms with Gasteiger partial charge in [0.1, 0.15) is 0 Å². The number of rotatable bonds is 9. The van der Waals surface area contributed by atoms with E-state index in [1.165, 1.54) is 0 Å². The molecule has 0 aliphatic rings. The lowest BCUT2D eigenvalue weighted by molar-refractivity contribution is 0.0526. The molecule has 0 amide bonds. The Morgan fingerprint density at radius 1 is 1.15 bits per heavy atom. The van der Waals surface area contributed by atoms with E-state index in [1.807, 2.05) is 24.3 Å². The Labute approximate surface area is 121 Å². The molecule has 0 fully saturated rings. The first-order valence-corrected chi connectivity index (χ1v) is 7.35. The number of aliphatic hydroxyl groups is 1. The van der Waals surface area contributed by atoms with Gasteiger partial charge in [-0.2, -0.15) is 0 Å². The number of ether oxygens (including phenoxy) is 1. The van der Waals surface area contributed by atoms with Crippen molar-refractivity contribution in [2.24, 2.45) is 0 Å². The highest BCUT2D eigenvalue weighted by atomic mass is 16.5. The lowest BCUT2D eigenvalue weighted by atomic mass is 10.2. The van der Waals surface area contributed by atoms with Crippen molar-refractivity contribution in [1.82, 2.24) is 0 Å². The van der Waals surface area contributed by atoms with Crippen molar-refractivity contribution in [2.75, 3.05) is 31.2 Å². The number of hydrogen-bond donors (Lipinski definition) is 1. The lowest BCUT2D eigenvalue weighted by Crippen LogP contribution is -2.25. The molecule has 0 aromatic heterocycles. The summed E-state index contributed by atoms with van der Waals surface area (Å²) in [5.41, 5.74) is 1.69. The normalized spacial score (nSPS) is 10.3. The highest BCUT2D eigenvalue weighted by Gasteiger charge is 2.09. The third-order valence-corrected chi connectivity index (χ3v) is 3.07. The van der Waals surface area contributed by atoms with E-state index in [-0.39, 0.29) is 12.6 Å². The Hall–Kier alpha value is -1.55. The molecular weight excluding hydrogens is 254 g/mol. The second-order valence-corrected chi connectivity index (χ2v) is 4.69. The second-order valence-electron chi connectivity index (χ2n) is 4.69. The molecule has 1 aromatic rings. The third kappa shape index (κ3) is 5.21. The fourth-order valence-corrected chi connectivity index (χ4v) is 2.08. The van der Waals surface area contributed by atoms with Crippen LogP contribution in [0.25, 0.3) is 0 Å². The molecule has 4 heteroatoms. The van der Waals surface area contributed by atoms with Crippen LogP contribution in [0.3, 0.4) is 0 Å². The first-order chi connectivity index (χ1) is 9.72. The summed E-state index contributed by atoms with van der Waals surface area (Å²) in [4.78, 5) is 13.9. The van der Waals surface area contributed by atoms with Gasteiger partial charge in [-0.1, -0.05) is 6.92 Å². The van der Waals surface area contributed by atoms with E-state index in [0.717, 1.165) is 38.0 Å². The maximum absolute atomic E-state index is 11.6. The van der Waals surface area contributed by atoms with E-state index in [1.54, 1.807) is 6.92 Å². The van der Waals surface area contributed by atoms with Gasteiger partial charge in [0, 0.05) is 25.4 Å². The van der Waals surface area contributed by atoms with Crippen molar-refractivity contribution in [3.05, 3.63) is 29.8 Å². The average Bonchev–Trinajstić information content (AvgIpc) is 2.47. The van der Waals surface area contributed by atoms with Crippen LogP contribution in [0.5, 0.6) is 0 Å². The van der Waals surface area contributed by atoms with Gasteiger partial charge in [-0.3, -0.25) is 0 Å². The van der Waals surface area contributed by atoms with Crippen molar-refractivity contribution < 1.29 is 14.6 Å². The molecule has 0 aliphatic heterocycles. The van der Waals surface area contributed by atoms with E-state index in [2.05, 4.69) is 11.8 Å². The summed E-state index contributed by atoms with van der Waals surface area (Å²) >= 11 is 0. The SMILES string of the molecule is CCCN(CCCCO)c1ccc(C(=O)OCC)cc1. The minimum Gasteiger partial charge on any atom is -0.462 e. The predicted octanol–water partition coefficient (Wildman–Crippen LogP) is 2.85. The van der Waals surface area contributed by atoms with E-state index < -0.39 is 0 Å². The lowest BCUT2D eigenvalue weighted by Gasteiger charge is -2.24. The first-order valence-electron chi connectivity index (χ1n) is 7.35. The van der Waals surface area contributed by atoms with Gasteiger partial charge in [-0.05, 0) is 50.5 Å². The van der Waals surface area contributed by atoms with Crippen molar-refractivity contribution in [3.63, 3.8) is 0 Å². The molecule has 112 valence electrons. The van der Waals surface area contributed by atoms with Gasteiger partial charge in [0.15, 0.2) is 0 Å². The quantitative estimate of drug-likeness (QED) is 0.558. The van der Waals surface area contributed by atoms with Crippen LogP contribution < -0.4 is 4.90 Å². The van der Waals surface area contributed by atoms with Crippen LogP contribution in [0.15, 0.2) is 24.3 Å². The monoisotopic (exact) mass is 279 g/mol.